The van der Waals surface area contributed by atoms with Gasteiger partial charge in [-0.15, -0.1) is 0 Å². The Morgan fingerprint density at radius 2 is 2.04 bits per heavy atom. The molecule has 0 aliphatic heterocycles. The molecule has 3 aromatic rings. The SMILES string of the molecule is NC(=O)c1ccccc1OCc1coc(-c2cccc(Cl)c2)n1. The van der Waals surface area contributed by atoms with Gasteiger partial charge in [-0.1, -0.05) is 29.8 Å². The van der Waals surface area contributed by atoms with Gasteiger partial charge in [0.15, 0.2) is 0 Å². The minimum atomic E-state index is -0.541. The number of halogens is 1. The average Bonchev–Trinajstić information content (AvgIpc) is 3.02. The van der Waals surface area contributed by atoms with Crippen molar-refractivity contribution in [3.05, 3.63) is 71.1 Å². The smallest absolute Gasteiger partial charge is 0.252 e. The van der Waals surface area contributed by atoms with Crippen molar-refractivity contribution < 1.29 is 13.9 Å². The van der Waals surface area contributed by atoms with Crippen LogP contribution >= 0.6 is 11.6 Å². The molecule has 5 nitrogen and oxygen atoms in total. The molecule has 0 saturated carbocycles. The van der Waals surface area contributed by atoms with Crippen LogP contribution in [0, 0.1) is 0 Å². The van der Waals surface area contributed by atoms with Crippen molar-refractivity contribution in [2.75, 3.05) is 0 Å². The molecule has 3 rings (SSSR count). The molecule has 2 N–H and O–H groups in total. The van der Waals surface area contributed by atoms with Gasteiger partial charge in [-0.05, 0) is 30.3 Å². The summed E-state index contributed by atoms with van der Waals surface area (Å²) in [6.45, 7) is 0.161. The number of oxazole rings is 1. The maximum atomic E-state index is 11.3. The van der Waals surface area contributed by atoms with Gasteiger partial charge >= 0.3 is 0 Å². The summed E-state index contributed by atoms with van der Waals surface area (Å²) < 4.78 is 11.0. The number of carbonyl (C=O) groups excluding carboxylic acids is 1. The third-order valence-corrected chi connectivity index (χ3v) is 3.39. The molecule has 6 heteroatoms. The van der Waals surface area contributed by atoms with E-state index in [2.05, 4.69) is 4.98 Å². The van der Waals surface area contributed by atoms with Crippen molar-refractivity contribution >= 4 is 17.5 Å². The summed E-state index contributed by atoms with van der Waals surface area (Å²) in [6.07, 6.45) is 1.50. The highest BCUT2D eigenvalue weighted by Crippen LogP contribution is 2.23. The van der Waals surface area contributed by atoms with Gasteiger partial charge in [0, 0.05) is 10.6 Å². The zero-order valence-electron chi connectivity index (χ0n) is 12.0. The largest absolute Gasteiger partial charge is 0.486 e. The van der Waals surface area contributed by atoms with Gasteiger partial charge in [-0.25, -0.2) is 4.98 Å². The molecule has 0 atom stereocenters. The average molecular weight is 329 g/mol. The van der Waals surface area contributed by atoms with E-state index in [0.29, 0.717) is 27.9 Å². The molecule has 23 heavy (non-hydrogen) atoms. The van der Waals surface area contributed by atoms with Crippen LogP contribution in [0.15, 0.2) is 59.2 Å². The maximum absolute atomic E-state index is 11.3. The lowest BCUT2D eigenvalue weighted by molar-refractivity contribution is 0.0996. The van der Waals surface area contributed by atoms with Crippen LogP contribution in [0.4, 0.5) is 0 Å². The number of amides is 1. The minimum Gasteiger partial charge on any atom is -0.486 e. The van der Waals surface area contributed by atoms with E-state index < -0.39 is 5.91 Å². The Bertz CT molecular complexity index is 845. The Kier molecular flexibility index (Phi) is 4.30. The third-order valence-electron chi connectivity index (χ3n) is 3.15. The topological polar surface area (TPSA) is 78.4 Å². The van der Waals surface area contributed by atoms with E-state index in [9.17, 15) is 4.79 Å². The number of ether oxygens (including phenoxy) is 1. The fourth-order valence-electron chi connectivity index (χ4n) is 2.08. The summed E-state index contributed by atoms with van der Waals surface area (Å²) in [5, 5.41) is 0.605. The molecule has 0 saturated heterocycles. The Morgan fingerprint density at radius 3 is 2.83 bits per heavy atom. The number of carbonyl (C=O) groups is 1. The summed E-state index contributed by atoms with van der Waals surface area (Å²) in [6, 6.07) is 14.0. The summed E-state index contributed by atoms with van der Waals surface area (Å²) in [7, 11) is 0. The Morgan fingerprint density at radius 1 is 1.22 bits per heavy atom. The van der Waals surface area contributed by atoms with Crippen LogP contribution in [0.25, 0.3) is 11.5 Å². The van der Waals surface area contributed by atoms with Gasteiger partial charge in [-0.2, -0.15) is 0 Å². The number of hydrogen-bond acceptors (Lipinski definition) is 4. The molecule has 0 fully saturated rings. The van der Waals surface area contributed by atoms with Crippen molar-refractivity contribution in [1.29, 1.82) is 0 Å². The van der Waals surface area contributed by atoms with E-state index in [1.807, 2.05) is 12.1 Å². The number of nitrogens with two attached hydrogens (primary N) is 1. The number of benzene rings is 2. The van der Waals surface area contributed by atoms with Gasteiger partial charge in [0.05, 0.1) is 5.56 Å². The normalized spacial score (nSPS) is 10.5. The first-order valence-corrected chi connectivity index (χ1v) is 7.23. The highest BCUT2D eigenvalue weighted by atomic mass is 35.5. The van der Waals surface area contributed by atoms with Crippen LogP contribution in [-0.2, 0) is 6.61 Å². The fourth-order valence-corrected chi connectivity index (χ4v) is 2.27. The summed E-state index contributed by atoms with van der Waals surface area (Å²) in [5.74, 6) is 0.321. The molecule has 1 amide bonds. The second-order valence-corrected chi connectivity index (χ2v) is 5.24. The molecule has 116 valence electrons. The summed E-state index contributed by atoms with van der Waals surface area (Å²) >= 11 is 5.95. The number of rotatable bonds is 5. The Balaban J connectivity index is 1.74. The lowest BCUT2D eigenvalue weighted by Gasteiger charge is -2.07. The lowest BCUT2D eigenvalue weighted by atomic mass is 10.2. The first-order valence-electron chi connectivity index (χ1n) is 6.85. The van der Waals surface area contributed by atoms with Gasteiger partial charge in [0.25, 0.3) is 5.91 Å². The van der Waals surface area contributed by atoms with Crippen LogP contribution in [0.2, 0.25) is 5.02 Å². The third kappa shape index (κ3) is 3.52. The van der Waals surface area contributed by atoms with E-state index >= 15 is 0 Å². The molecule has 2 aromatic carbocycles. The molecular weight excluding hydrogens is 316 g/mol. The molecule has 0 aliphatic carbocycles. The molecule has 0 aliphatic rings. The first kappa shape index (κ1) is 15.1. The predicted octanol–water partition coefficient (Wildman–Crippen LogP) is 3.67. The van der Waals surface area contributed by atoms with Gasteiger partial charge < -0.3 is 14.9 Å². The quantitative estimate of drug-likeness (QED) is 0.775. The van der Waals surface area contributed by atoms with Crippen molar-refractivity contribution in [1.82, 2.24) is 4.98 Å². The number of primary amides is 1. The number of para-hydroxylation sites is 1. The standard InChI is InChI=1S/C17H13ClN2O3/c18-12-5-3-4-11(8-12)17-20-13(10-23-17)9-22-15-7-2-1-6-14(15)16(19)21/h1-8,10H,9H2,(H2,19,21). The number of hydrogen-bond donors (Lipinski definition) is 1. The van der Waals surface area contributed by atoms with Gasteiger partial charge in [-0.3, -0.25) is 4.79 Å². The molecule has 0 spiro atoms. The maximum Gasteiger partial charge on any atom is 0.252 e. The lowest BCUT2D eigenvalue weighted by Crippen LogP contribution is -2.12. The Hall–Kier alpha value is -2.79. The van der Waals surface area contributed by atoms with Gasteiger partial charge in [0.1, 0.15) is 24.3 Å². The summed E-state index contributed by atoms with van der Waals surface area (Å²) in [5.41, 5.74) is 7.01. The van der Waals surface area contributed by atoms with E-state index in [1.54, 1.807) is 36.4 Å². The van der Waals surface area contributed by atoms with Crippen molar-refractivity contribution in [2.45, 2.75) is 6.61 Å². The van der Waals surface area contributed by atoms with Crippen molar-refractivity contribution in [3.8, 4) is 17.2 Å². The van der Waals surface area contributed by atoms with Crippen LogP contribution in [0.3, 0.4) is 0 Å². The molecule has 1 heterocycles. The van der Waals surface area contributed by atoms with Crippen LogP contribution in [0.5, 0.6) is 5.75 Å². The van der Waals surface area contributed by atoms with E-state index in [0.717, 1.165) is 5.56 Å². The molecule has 1 aromatic heterocycles. The monoisotopic (exact) mass is 328 g/mol. The summed E-state index contributed by atoms with van der Waals surface area (Å²) in [4.78, 5) is 15.7. The van der Waals surface area contributed by atoms with Crippen LogP contribution < -0.4 is 10.5 Å². The highest BCUT2D eigenvalue weighted by Gasteiger charge is 2.11. The van der Waals surface area contributed by atoms with Crippen LogP contribution in [-0.4, -0.2) is 10.9 Å². The number of aromatic nitrogens is 1. The molecule has 0 radical (unpaired) electrons. The second-order valence-electron chi connectivity index (χ2n) is 4.80. The zero-order valence-corrected chi connectivity index (χ0v) is 12.8. The zero-order chi connectivity index (χ0) is 16.2. The minimum absolute atomic E-state index is 0.161. The van der Waals surface area contributed by atoms with Crippen molar-refractivity contribution in [3.63, 3.8) is 0 Å². The molecular formula is C17H13ClN2O3. The van der Waals surface area contributed by atoms with Gasteiger partial charge in [0.2, 0.25) is 5.89 Å². The molecule has 0 bridgehead atoms. The Labute approximate surface area is 137 Å². The highest BCUT2D eigenvalue weighted by molar-refractivity contribution is 6.30. The predicted molar refractivity (Wildman–Crippen MR) is 86.2 cm³/mol. The van der Waals surface area contributed by atoms with E-state index in [1.165, 1.54) is 6.26 Å². The fraction of sp³-hybridized carbons (Fsp3) is 0.0588. The van der Waals surface area contributed by atoms with E-state index in [4.69, 9.17) is 26.5 Å². The molecule has 0 unspecified atom stereocenters. The first-order chi connectivity index (χ1) is 11.1. The number of nitrogens with zero attached hydrogens (tertiary/aromatic N) is 1. The van der Waals surface area contributed by atoms with Crippen LogP contribution in [0.1, 0.15) is 16.1 Å². The van der Waals surface area contributed by atoms with Crippen molar-refractivity contribution in [2.24, 2.45) is 5.73 Å². The second kappa shape index (κ2) is 6.54. The van der Waals surface area contributed by atoms with E-state index in [-0.39, 0.29) is 6.61 Å².